The van der Waals surface area contributed by atoms with Crippen LogP contribution >= 0.6 is 0 Å². The van der Waals surface area contributed by atoms with Crippen molar-refractivity contribution < 1.29 is 39.5 Å². The normalized spacial score (nSPS) is 14.2. The minimum atomic E-state index is -2.87. The molecule has 0 amide bonds. The molecule has 0 aliphatic rings. The summed E-state index contributed by atoms with van der Waals surface area (Å²) in [5.41, 5.74) is -2.00. The van der Waals surface area contributed by atoms with Crippen molar-refractivity contribution in [3.63, 3.8) is 0 Å². The standard InChI is InChI=1S/C20H18O8/c21-15-9-6-13(7-10-15)8-11-16(22)28-17(18(23)24)20(27,19(25)26)12-14-4-2-1-3-5-14/h1-11,17,21,27H,12H2,(H,23,24)(H,25,26)/b11-8+/t17-,20-/m1/s1. The molecule has 2 aromatic carbocycles. The zero-order valence-corrected chi connectivity index (χ0v) is 14.6. The van der Waals surface area contributed by atoms with Crippen LogP contribution in [-0.4, -0.2) is 50.0 Å². The van der Waals surface area contributed by atoms with Crippen LogP contribution < -0.4 is 0 Å². The molecule has 0 aliphatic heterocycles. The maximum Gasteiger partial charge on any atom is 0.348 e. The van der Waals surface area contributed by atoms with Gasteiger partial charge in [0.25, 0.3) is 0 Å². The predicted molar refractivity (Wildman–Crippen MR) is 97.4 cm³/mol. The fourth-order valence-electron chi connectivity index (χ4n) is 2.44. The summed E-state index contributed by atoms with van der Waals surface area (Å²) in [6.45, 7) is 0. The molecule has 0 radical (unpaired) electrons. The molecule has 28 heavy (non-hydrogen) atoms. The summed E-state index contributed by atoms with van der Waals surface area (Å²) < 4.78 is 4.75. The first-order valence-corrected chi connectivity index (χ1v) is 8.12. The molecular formula is C20H18O8. The molecule has 146 valence electrons. The zero-order chi connectivity index (χ0) is 20.7. The molecule has 8 heteroatoms. The number of phenolic OH excluding ortho intramolecular Hbond substituents is 1. The van der Waals surface area contributed by atoms with Gasteiger partial charge in [0.1, 0.15) is 5.75 Å². The van der Waals surface area contributed by atoms with Crippen molar-refractivity contribution in [1.29, 1.82) is 0 Å². The number of aliphatic hydroxyl groups is 1. The Morgan fingerprint density at radius 2 is 1.61 bits per heavy atom. The van der Waals surface area contributed by atoms with Crippen molar-refractivity contribution in [3.05, 3.63) is 71.8 Å². The van der Waals surface area contributed by atoms with Gasteiger partial charge in [-0.05, 0) is 29.3 Å². The lowest BCUT2D eigenvalue weighted by molar-refractivity contribution is -0.192. The van der Waals surface area contributed by atoms with E-state index in [2.05, 4.69) is 0 Å². The summed E-state index contributed by atoms with van der Waals surface area (Å²) in [5.74, 6) is -4.75. The summed E-state index contributed by atoms with van der Waals surface area (Å²) in [4.78, 5) is 35.1. The molecule has 0 saturated carbocycles. The first-order chi connectivity index (χ1) is 13.2. The minimum absolute atomic E-state index is 0.0260. The van der Waals surface area contributed by atoms with Crippen LogP contribution in [0.3, 0.4) is 0 Å². The summed E-state index contributed by atoms with van der Waals surface area (Å²) in [5, 5.41) is 38.5. The third-order valence-corrected chi connectivity index (χ3v) is 3.88. The quantitative estimate of drug-likeness (QED) is 0.395. The van der Waals surface area contributed by atoms with Crippen LogP contribution in [0.5, 0.6) is 5.75 Å². The van der Waals surface area contributed by atoms with E-state index in [-0.39, 0.29) is 5.75 Å². The van der Waals surface area contributed by atoms with Gasteiger partial charge >= 0.3 is 17.9 Å². The highest BCUT2D eigenvalue weighted by atomic mass is 16.6. The van der Waals surface area contributed by atoms with E-state index in [0.29, 0.717) is 11.1 Å². The van der Waals surface area contributed by atoms with Crippen LogP contribution in [0.1, 0.15) is 11.1 Å². The molecule has 0 aliphatic carbocycles. The average Bonchev–Trinajstić information content (AvgIpc) is 2.66. The molecule has 8 nitrogen and oxygen atoms in total. The lowest BCUT2D eigenvalue weighted by Crippen LogP contribution is -2.56. The number of carboxylic acids is 2. The maximum absolute atomic E-state index is 12.0. The van der Waals surface area contributed by atoms with Gasteiger partial charge in [0.2, 0.25) is 11.7 Å². The summed E-state index contributed by atoms with van der Waals surface area (Å²) in [7, 11) is 0. The number of phenols is 1. The first-order valence-electron chi connectivity index (χ1n) is 8.12. The van der Waals surface area contributed by atoms with Gasteiger partial charge in [0, 0.05) is 12.5 Å². The molecule has 0 heterocycles. The highest BCUT2D eigenvalue weighted by Crippen LogP contribution is 2.22. The second-order valence-electron chi connectivity index (χ2n) is 5.97. The lowest BCUT2D eigenvalue weighted by Gasteiger charge is -2.29. The van der Waals surface area contributed by atoms with Crippen LogP contribution in [0.15, 0.2) is 60.7 Å². The van der Waals surface area contributed by atoms with Crippen LogP contribution in [-0.2, 0) is 25.5 Å². The minimum Gasteiger partial charge on any atom is -0.508 e. The largest absolute Gasteiger partial charge is 0.508 e. The van der Waals surface area contributed by atoms with Gasteiger partial charge in [-0.1, -0.05) is 42.5 Å². The van der Waals surface area contributed by atoms with E-state index in [1.807, 2.05) is 0 Å². The zero-order valence-electron chi connectivity index (χ0n) is 14.6. The van der Waals surface area contributed by atoms with E-state index >= 15 is 0 Å². The molecule has 0 fully saturated rings. The Kier molecular flexibility index (Phi) is 6.51. The van der Waals surface area contributed by atoms with Gasteiger partial charge in [0.05, 0.1) is 0 Å². The number of aromatic hydroxyl groups is 1. The van der Waals surface area contributed by atoms with Crippen LogP contribution in [0, 0.1) is 0 Å². The Morgan fingerprint density at radius 3 is 2.14 bits per heavy atom. The highest BCUT2D eigenvalue weighted by molar-refractivity contribution is 5.92. The third kappa shape index (κ3) is 5.18. The molecule has 0 bridgehead atoms. The molecule has 0 unspecified atom stereocenters. The van der Waals surface area contributed by atoms with E-state index in [4.69, 9.17) is 4.74 Å². The smallest absolute Gasteiger partial charge is 0.348 e. The monoisotopic (exact) mass is 386 g/mol. The van der Waals surface area contributed by atoms with E-state index in [1.165, 1.54) is 42.5 Å². The number of carbonyl (C=O) groups excluding carboxylic acids is 1. The first kappa shape index (κ1) is 20.7. The fraction of sp³-hybridized carbons (Fsp3) is 0.150. The summed E-state index contributed by atoms with van der Waals surface area (Å²) in [6, 6.07) is 13.7. The average molecular weight is 386 g/mol. The SMILES string of the molecule is O=C(/C=C/c1ccc(O)cc1)O[C@H](C(=O)O)[C@](O)(Cc1ccccc1)C(=O)O. The highest BCUT2D eigenvalue weighted by Gasteiger charge is 2.51. The number of benzene rings is 2. The summed E-state index contributed by atoms with van der Waals surface area (Å²) >= 11 is 0. The number of carbonyl (C=O) groups is 3. The number of hydrogen-bond acceptors (Lipinski definition) is 6. The Hall–Kier alpha value is -3.65. The molecule has 0 spiro atoms. The van der Waals surface area contributed by atoms with Crippen molar-refractivity contribution in [3.8, 4) is 5.75 Å². The van der Waals surface area contributed by atoms with Gasteiger partial charge in [-0.15, -0.1) is 0 Å². The maximum atomic E-state index is 12.0. The topological polar surface area (TPSA) is 141 Å². The van der Waals surface area contributed by atoms with Gasteiger partial charge in [-0.25, -0.2) is 14.4 Å². The van der Waals surface area contributed by atoms with Gasteiger partial charge in [-0.2, -0.15) is 0 Å². The van der Waals surface area contributed by atoms with Gasteiger partial charge < -0.3 is 25.2 Å². The summed E-state index contributed by atoms with van der Waals surface area (Å²) in [6.07, 6.45) is -0.720. The van der Waals surface area contributed by atoms with E-state index in [0.717, 1.165) is 6.08 Å². The van der Waals surface area contributed by atoms with E-state index in [9.17, 15) is 34.8 Å². The van der Waals surface area contributed by atoms with Crippen LogP contribution in [0.2, 0.25) is 0 Å². The Bertz CT molecular complexity index is 873. The molecule has 2 rings (SSSR count). The molecule has 0 saturated heterocycles. The molecule has 2 atom stereocenters. The van der Waals surface area contributed by atoms with Crippen molar-refractivity contribution in [2.24, 2.45) is 0 Å². The molecule has 0 aromatic heterocycles. The van der Waals surface area contributed by atoms with Crippen LogP contribution in [0.25, 0.3) is 6.08 Å². The van der Waals surface area contributed by atoms with E-state index < -0.39 is 36.0 Å². The number of ether oxygens (including phenoxy) is 1. The second-order valence-corrected chi connectivity index (χ2v) is 5.97. The Balaban J connectivity index is 2.21. The fourth-order valence-corrected chi connectivity index (χ4v) is 2.44. The van der Waals surface area contributed by atoms with Gasteiger partial charge in [0.15, 0.2) is 0 Å². The van der Waals surface area contributed by atoms with Gasteiger partial charge in [-0.3, -0.25) is 0 Å². The number of aliphatic carboxylic acids is 2. The molecular weight excluding hydrogens is 368 g/mol. The predicted octanol–water partition coefficient (Wildman–Crippen LogP) is 1.46. The Morgan fingerprint density at radius 1 is 1.00 bits per heavy atom. The Labute approximate surface area is 159 Å². The second kappa shape index (κ2) is 8.83. The number of esters is 1. The number of rotatable bonds is 8. The molecule has 4 N–H and O–H groups in total. The van der Waals surface area contributed by atoms with Crippen molar-refractivity contribution >= 4 is 24.0 Å². The number of hydrogen-bond donors (Lipinski definition) is 4. The van der Waals surface area contributed by atoms with Crippen molar-refractivity contribution in [1.82, 2.24) is 0 Å². The lowest BCUT2D eigenvalue weighted by atomic mass is 9.88. The number of carboxylic acid groups (broad SMARTS) is 2. The molecule has 2 aromatic rings. The third-order valence-electron chi connectivity index (χ3n) is 3.88. The van der Waals surface area contributed by atoms with Crippen molar-refractivity contribution in [2.45, 2.75) is 18.1 Å². The van der Waals surface area contributed by atoms with Crippen LogP contribution in [0.4, 0.5) is 0 Å². The van der Waals surface area contributed by atoms with Crippen molar-refractivity contribution in [2.75, 3.05) is 0 Å². The van der Waals surface area contributed by atoms with E-state index in [1.54, 1.807) is 18.2 Å².